The van der Waals surface area contributed by atoms with Gasteiger partial charge in [-0.15, -0.1) is 0 Å². The quantitative estimate of drug-likeness (QED) is 0.211. The Labute approximate surface area is 216 Å². The maximum Gasteiger partial charge on any atom is 0.119 e. The molecule has 2 nitrogen and oxygen atoms in total. The van der Waals surface area contributed by atoms with E-state index in [4.69, 9.17) is 9.72 Å². The van der Waals surface area contributed by atoms with Crippen LogP contribution in [0.3, 0.4) is 0 Å². The fourth-order valence-corrected chi connectivity index (χ4v) is 5.58. The number of benzene rings is 1. The number of aromatic nitrogens is 1. The highest BCUT2D eigenvalue weighted by atomic mass is 16.5. The first kappa shape index (κ1) is 27.8. The summed E-state index contributed by atoms with van der Waals surface area (Å²) in [6.07, 6.45) is 25.4. The molecule has 0 amide bonds. The number of ether oxygens (including phenoxy) is 1. The Morgan fingerprint density at radius 2 is 1.31 bits per heavy atom. The summed E-state index contributed by atoms with van der Waals surface area (Å²) in [5.41, 5.74) is 3.60. The zero-order chi connectivity index (χ0) is 24.6. The predicted molar refractivity (Wildman–Crippen MR) is 151 cm³/mol. The Bertz CT molecular complexity index is 774. The molecule has 1 aromatic carbocycles. The van der Waals surface area contributed by atoms with Crippen molar-refractivity contribution in [3.63, 3.8) is 0 Å². The number of unbranched alkanes of at least 4 members (excludes halogenated alkanes) is 8. The fourth-order valence-electron chi connectivity index (χ4n) is 5.58. The van der Waals surface area contributed by atoms with Gasteiger partial charge >= 0.3 is 0 Å². The van der Waals surface area contributed by atoms with Crippen molar-refractivity contribution in [3.05, 3.63) is 48.2 Å². The van der Waals surface area contributed by atoms with Crippen LogP contribution in [0.4, 0.5) is 0 Å². The largest absolute Gasteiger partial charge is 0.494 e. The van der Waals surface area contributed by atoms with Gasteiger partial charge in [-0.1, -0.05) is 110 Å². The van der Waals surface area contributed by atoms with Gasteiger partial charge in [-0.3, -0.25) is 4.98 Å². The number of nitrogens with zero attached hydrogens (tertiary/aromatic N) is 1. The van der Waals surface area contributed by atoms with Crippen LogP contribution < -0.4 is 4.74 Å². The van der Waals surface area contributed by atoms with E-state index in [-0.39, 0.29) is 0 Å². The van der Waals surface area contributed by atoms with E-state index in [1.165, 1.54) is 114 Å². The maximum absolute atomic E-state index is 5.88. The number of aryl methyl sites for hydroxylation is 1. The smallest absolute Gasteiger partial charge is 0.119 e. The molecule has 0 aliphatic heterocycles. The second-order valence-electron chi connectivity index (χ2n) is 11.0. The summed E-state index contributed by atoms with van der Waals surface area (Å²) in [5, 5.41) is 0. The average molecular weight is 478 g/mol. The van der Waals surface area contributed by atoms with E-state index in [9.17, 15) is 0 Å². The third-order valence-electron chi connectivity index (χ3n) is 8.01. The van der Waals surface area contributed by atoms with Crippen molar-refractivity contribution in [2.45, 2.75) is 123 Å². The first-order chi connectivity index (χ1) is 17.3. The highest BCUT2D eigenvalue weighted by Crippen LogP contribution is 2.34. The molecular weight excluding hydrogens is 426 g/mol. The normalized spacial score (nSPS) is 18.0. The zero-order valence-electron chi connectivity index (χ0n) is 22.8. The molecule has 0 unspecified atom stereocenters. The van der Waals surface area contributed by atoms with Gasteiger partial charge in [0.25, 0.3) is 0 Å². The van der Waals surface area contributed by atoms with E-state index in [2.05, 4.69) is 56.4 Å². The van der Waals surface area contributed by atoms with Gasteiger partial charge < -0.3 is 4.74 Å². The molecule has 0 atom stereocenters. The molecular formula is C33H51NO. The minimum Gasteiger partial charge on any atom is -0.494 e. The standard InChI is InChI=1S/C33H51NO/c1-3-5-7-9-10-11-13-28-14-16-29(17-15-28)18-19-30-20-25-33(34-27-30)31-21-23-32(24-22-31)35-26-12-8-6-4-2/h20-25,27-29H,3-19,26H2,1-2H3. The van der Waals surface area contributed by atoms with Gasteiger partial charge in [0.15, 0.2) is 0 Å². The number of pyridine rings is 1. The maximum atomic E-state index is 5.88. The van der Waals surface area contributed by atoms with Crippen LogP contribution in [0.2, 0.25) is 0 Å². The minimum absolute atomic E-state index is 0.813. The summed E-state index contributed by atoms with van der Waals surface area (Å²) in [7, 11) is 0. The van der Waals surface area contributed by atoms with Gasteiger partial charge in [0, 0.05) is 11.8 Å². The van der Waals surface area contributed by atoms with Gasteiger partial charge in [-0.25, -0.2) is 0 Å². The van der Waals surface area contributed by atoms with E-state index in [1.807, 2.05) is 0 Å². The molecule has 35 heavy (non-hydrogen) atoms. The predicted octanol–water partition coefficient (Wildman–Crippen LogP) is 10.2. The molecule has 1 heterocycles. The molecule has 0 saturated heterocycles. The van der Waals surface area contributed by atoms with E-state index >= 15 is 0 Å². The van der Waals surface area contributed by atoms with E-state index < -0.39 is 0 Å². The molecule has 0 N–H and O–H groups in total. The van der Waals surface area contributed by atoms with Crippen molar-refractivity contribution >= 4 is 0 Å². The van der Waals surface area contributed by atoms with Crippen molar-refractivity contribution < 1.29 is 4.74 Å². The molecule has 1 aliphatic rings. The van der Waals surface area contributed by atoms with Crippen LogP contribution in [0.15, 0.2) is 42.6 Å². The summed E-state index contributed by atoms with van der Waals surface area (Å²) in [6, 6.07) is 12.9. The Balaban J connectivity index is 1.31. The second kappa shape index (κ2) is 16.8. The molecule has 2 heteroatoms. The van der Waals surface area contributed by atoms with E-state index in [0.29, 0.717) is 0 Å². The molecule has 1 aromatic heterocycles. The van der Waals surface area contributed by atoms with Gasteiger partial charge in [-0.2, -0.15) is 0 Å². The van der Waals surface area contributed by atoms with Gasteiger partial charge in [0.05, 0.1) is 12.3 Å². The molecule has 2 aromatic rings. The highest BCUT2D eigenvalue weighted by molar-refractivity contribution is 5.60. The van der Waals surface area contributed by atoms with Crippen LogP contribution in [0.5, 0.6) is 5.75 Å². The number of hydrogen-bond acceptors (Lipinski definition) is 2. The van der Waals surface area contributed by atoms with Crippen molar-refractivity contribution in [2.24, 2.45) is 11.8 Å². The van der Waals surface area contributed by atoms with Crippen LogP contribution in [-0.4, -0.2) is 11.6 Å². The van der Waals surface area contributed by atoms with Crippen LogP contribution in [0, 0.1) is 11.8 Å². The van der Waals surface area contributed by atoms with Crippen LogP contribution in [-0.2, 0) is 6.42 Å². The van der Waals surface area contributed by atoms with Crippen molar-refractivity contribution in [3.8, 4) is 17.0 Å². The summed E-state index contributed by atoms with van der Waals surface area (Å²) in [4.78, 5) is 4.77. The van der Waals surface area contributed by atoms with Gasteiger partial charge in [0.2, 0.25) is 0 Å². The third-order valence-corrected chi connectivity index (χ3v) is 8.01. The summed E-state index contributed by atoms with van der Waals surface area (Å²) >= 11 is 0. The first-order valence-corrected chi connectivity index (χ1v) is 15.0. The lowest BCUT2D eigenvalue weighted by molar-refractivity contribution is 0.248. The average Bonchev–Trinajstić information content (AvgIpc) is 2.91. The highest BCUT2D eigenvalue weighted by Gasteiger charge is 2.20. The molecule has 1 saturated carbocycles. The van der Waals surface area contributed by atoms with Crippen LogP contribution in [0.1, 0.15) is 122 Å². The van der Waals surface area contributed by atoms with E-state index in [1.54, 1.807) is 0 Å². The fraction of sp³-hybridized carbons (Fsp3) is 0.667. The second-order valence-corrected chi connectivity index (χ2v) is 11.0. The lowest BCUT2D eigenvalue weighted by Crippen LogP contribution is -2.15. The number of hydrogen-bond donors (Lipinski definition) is 0. The summed E-state index contributed by atoms with van der Waals surface area (Å²) in [6.45, 7) is 5.35. The molecule has 1 aliphatic carbocycles. The van der Waals surface area contributed by atoms with Gasteiger partial charge in [0.1, 0.15) is 5.75 Å². The Morgan fingerprint density at radius 3 is 1.97 bits per heavy atom. The lowest BCUT2D eigenvalue weighted by Gasteiger charge is -2.28. The van der Waals surface area contributed by atoms with Crippen molar-refractivity contribution in [2.75, 3.05) is 6.61 Å². The molecule has 1 fully saturated rings. The van der Waals surface area contributed by atoms with Crippen LogP contribution in [0.25, 0.3) is 11.3 Å². The minimum atomic E-state index is 0.813. The van der Waals surface area contributed by atoms with E-state index in [0.717, 1.165) is 36.3 Å². The molecule has 3 rings (SSSR count). The molecule has 0 bridgehead atoms. The zero-order valence-corrected chi connectivity index (χ0v) is 22.8. The van der Waals surface area contributed by atoms with Crippen molar-refractivity contribution in [1.29, 1.82) is 0 Å². The Kier molecular flexibility index (Phi) is 13.3. The van der Waals surface area contributed by atoms with Crippen LogP contribution >= 0.6 is 0 Å². The molecule has 0 spiro atoms. The molecule has 194 valence electrons. The SMILES string of the molecule is CCCCCCCCC1CCC(CCc2ccc(-c3ccc(OCCCCCC)cc3)nc2)CC1. The van der Waals surface area contributed by atoms with Crippen molar-refractivity contribution in [1.82, 2.24) is 4.98 Å². The Morgan fingerprint density at radius 1 is 0.686 bits per heavy atom. The monoisotopic (exact) mass is 477 g/mol. The Hall–Kier alpha value is -1.83. The first-order valence-electron chi connectivity index (χ1n) is 15.0. The summed E-state index contributed by atoms with van der Waals surface area (Å²) < 4.78 is 5.88. The topological polar surface area (TPSA) is 22.1 Å². The molecule has 0 radical (unpaired) electrons. The summed E-state index contributed by atoms with van der Waals surface area (Å²) in [5.74, 6) is 2.89. The lowest BCUT2D eigenvalue weighted by atomic mass is 9.78. The van der Waals surface area contributed by atoms with Gasteiger partial charge in [-0.05, 0) is 67.0 Å². The number of rotatable bonds is 17. The third kappa shape index (κ3) is 10.8.